The van der Waals surface area contributed by atoms with Crippen LogP contribution in [0.25, 0.3) is 0 Å². The van der Waals surface area contributed by atoms with Gasteiger partial charge in [-0.1, -0.05) is 0 Å². The van der Waals surface area contributed by atoms with E-state index in [4.69, 9.17) is 0 Å². The number of esters is 1. The number of carbonyl (C=O) groups excluding carboxylic acids is 1. The van der Waals surface area contributed by atoms with Crippen molar-refractivity contribution in [3.63, 3.8) is 0 Å². The second-order valence-corrected chi connectivity index (χ2v) is 4.82. The Morgan fingerprint density at radius 3 is 3.00 bits per heavy atom. The number of nitrogens with one attached hydrogen (secondary N) is 1. The summed E-state index contributed by atoms with van der Waals surface area (Å²) in [5.41, 5.74) is 0. The molecular weight excluding hydrogens is 254 g/mol. The van der Waals surface area contributed by atoms with Crippen molar-refractivity contribution in [2.45, 2.75) is 6.42 Å². The van der Waals surface area contributed by atoms with Gasteiger partial charge in [-0.15, -0.1) is 11.3 Å². The molecule has 3 nitrogen and oxygen atoms in total. The summed E-state index contributed by atoms with van der Waals surface area (Å²) in [5, 5.41) is 4.17. The van der Waals surface area contributed by atoms with Gasteiger partial charge in [0.25, 0.3) is 0 Å². The van der Waals surface area contributed by atoms with E-state index in [9.17, 15) is 4.79 Å². The van der Waals surface area contributed by atoms with Crippen molar-refractivity contribution < 1.29 is 9.53 Å². The fourth-order valence-electron chi connectivity index (χ4n) is 0.799. The molecule has 72 valence electrons. The Hall–Kier alpha value is -0.550. The van der Waals surface area contributed by atoms with Crippen LogP contribution in [0.3, 0.4) is 0 Å². The minimum Gasteiger partial charge on any atom is -0.469 e. The number of ether oxygens (including phenoxy) is 1. The van der Waals surface area contributed by atoms with Gasteiger partial charge in [0.1, 0.15) is 0 Å². The monoisotopic (exact) mass is 263 g/mol. The Balaban J connectivity index is 2.24. The predicted octanol–water partition coefficient (Wildman–Crippen LogP) is 2.49. The standard InChI is InChI=1S/C8H10BrNO2S/c1-12-8(11)4-5-10-7-3-2-6(9)13-7/h2-3,10H,4-5H2,1H3. The summed E-state index contributed by atoms with van der Waals surface area (Å²) >= 11 is 4.95. The average molecular weight is 264 g/mol. The lowest BCUT2D eigenvalue weighted by Gasteiger charge is -2.01. The Bertz CT molecular complexity index is 287. The number of methoxy groups -OCH3 is 1. The van der Waals surface area contributed by atoms with Crippen LogP contribution in [0.1, 0.15) is 6.42 Å². The maximum absolute atomic E-state index is 10.7. The lowest BCUT2D eigenvalue weighted by Crippen LogP contribution is -2.08. The first kappa shape index (κ1) is 10.5. The van der Waals surface area contributed by atoms with Crippen molar-refractivity contribution in [1.82, 2.24) is 0 Å². The maximum Gasteiger partial charge on any atom is 0.307 e. The molecule has 0 saturated carbocycles. The van der Waals surface area contributed by atoms with Crippen LogP contribution >= 0.6 is 27.3 Å². The summed E-state index contributed by atoms with van der Waals surface area (Å²) < 4.78 is 5.59. The van der Waals surface area contributed by atoms with Crippen molar-refractivity contribution in [2.75, 3.05) is 19.0 Å². The normalized spacial score (nSPS) is 9.69. The zero-order valence-corrected chi connectivity index (χ0v) is 9.57. The molecule has 1 aromatic rings. The number of halogens is 1. The molecule has 1 heterocycles. The Morgan fingerprint density at radius 1 is 1.69 bits per heavy atom. The third-order valence-electron chi connectivity index (χ3n) is 1.43. The van der Waals surface area contributed by atoms with Crippen molar-refractivity contribution in [3.05, 3.63) is 15.9 Å². The number of carbonyl (C=O) groups is 1. The largest absolute Gasteiger partial charge is 0.469 e. The van der Waals surface area contributed by atoms with Crippen LogP contribution in [-0.2, 0) is 9.53 Å². The lowest BCUT2D eigenvalue weighted by molar-refractivity contribution is -0.140. The first-order chi connectivity index (χ1) is 6.22. The quantitative estimate of drug-likeness (QED) is 0.849. The fourth-order valence-corrected chi connectivity index (χ4v) is 2.11. The summed E-state index contributed by atoms with van der Waals surface area (Å²) in [6, 6.07) is 3.93. The zero-order chi connectivity index (χ0) is 9.68. The molecular formula is C8H10BrNO2S. The lowest BCUT2D eigenvalue weighted by atomic mass is 10.4. The molecule has 0 atom stereocenters. The highest BCUT2D eigenvalue weighted by molar-refractivity contribution is 9.11. The van der Waals surface area contributed by atoms with E-state index < -0.39 is 0 Å². The number of thiophene rings is 1. The molecule has 0 radical (unpaired) electrons. The molecule has 0 aliphatic carbocycles. The van der Waals surface area contributed by atoms with Crippen molar-refractivity contribution in [1.29, 1.82) is 0 Å². The molecule has 1 N–H and O–H groups in total. The average Bonchev–Trinajstić information content (AvgIpc) is 2.51. The first-order valence-corrected chi connectivity index (χ1v) is 5.39. The van der Waals surface area contributed by atoms with E-state index in [-0.39, 0.29) is 5.97 Å². The number of anilines is 1. The van der Waals surface area contributed by atoms with E-state index >= 15 is 0 Å². The van der Waals surface area contributed by atoms with E-state index in [2.05, 4.69) is 26.0 Å². The van der Waals surface area contributed by atoms with Gasteiger partial charge in [-0.25, -0.2) is 0 Å². The van der Waals surface area contributed by atoms with Crippen LogP contribution < -0.4 is 5.32 Å². The highest BCUT2D eigenvalue weighted by atomic mass is 79.9. The molecule has 5 heteroatoms. The molecule has 13 heavy (non-hydrogen) atoms. The minimum absolute atomic E-state index is 0.192. The molecule has 0 saturated heterocycles. The molecule has 0 aromatic carbocycles. The Morgan fingerprint density at radius 2 is 2.46 bits per heavy atom. The summed E-state index contributed by atoms with van der Waals surface area (Å²) in [6.07, 6.45) is 0.395. The van der Waals surface area contributed by atoms with Crippen LogP contribution in [0.4, 0.5) is 5.00 Å². The summed E-state index contributed by atoms with van der Waals surface area (Å²) in [4.78, 5) is 10.7. The van der Waals surface area contributed by atoms with E-state index in [0.717, 1.165) is 8.79 Å². The van der Waals surface area contributed by atoms with Gasteiger partial charge >= 0.3 is 5.97 Å². The van der Waals surface area contributed by atoms with Crippen LogP contribution in [0.5, 0.6) is 0 Å². The Kier molecular flexibility index (Phi) is 4.24. The van der Waals surface area contributed by atoms with E-state index in [1.807, 2.05) is 12.1 Å². The molecule has 0 unspecified atom stereocenters. The van der Waals surface area contributed by atoms with Gasteiger partial charge in [0.05, 0.1) is 22.3 Å². The molecule has 0 amide bonds. The minimum atomic E-state index is -0.192. The predicted molar refractivity (Wildman–Crippen MR) is 57.1 cm³/mol. The maximum atomic E-state index is 10.7. The smallest absolute Gasteiger partial charge is 0.307 e. The van der Waals surface area contributed by atoms with Crippen LogP contribution in [-0.4, -0.2) is 19.6 Å². The fraction of sp³-hybridized carbons (Fsp3) is 0.375. The number of hydrogen-bond acceptors (Lipinski definition) is 4. The third kappa shape index (κ3) is 3.78. The zero-order valence-electron chi connectivity index (χ0n) is 7.17. The molecule has 0 spiro atoms. The highest BCUT2D eigenvalue weighted by Crippen LogP contribution is 2.26. The summed E-state index contributed by atoms with van der Waals surface area (Å²) in [5.74, 6) is -0.192. The van der Waals surface area contributed by atoms with Crippen molar-refractivity contribution in [3.8, 4) is 0 Å². The van der Waals surface area contributed by atoms with E-state index in [0.29, 0.717) is 13.0 Å². The van der Waals surface area contributed by atoms with Crippen molar-refractivity contribution in [2.24, 2.45) is 0 Å². The summed E-state index contributed by atoms with van der Waals surface area (Å²) in [7, 11) is 1.39. The van der Waals surface area contributed by atoms with Crippen LogP contribution in [0.15, 0.2) is 15.9 Å². The number of rotatable bonds is 4. The molecule has 0 bridgehead atoms. The molecule has 1 rings (SSSR count). The van der Waals surface area contributed by atoms with E-state index in [1.165, 1.54) is 7.11 Å². The molecule has 0 aliphatic heterocycles. The van der Waals surface area contributed by atoms with Gasteiger partial charge < -0.3 is 10.1 Å². The topological polar surface area (TPSA) is 38.3 Å². The molecule has 1 aromatic heterocycles. The van der Waals surface area contributed by atoms with Gasteiger partial charge in [0.2, 0.25) is 0 Å². The Labute approximate surface area is 89.2 Å². The highest BCUT2D eigenvalue weighted by Gasteiger charge is 2.00. The third-order valence-corrected chi connectivity index (χ3v) is 3.01. The number of hydrogen-bond donors (Lipinski definition) is 1. The van der Waals surface area contributed by atoms with Gasteiger partial charge in [-0.2, -0.15) is 0 Å². The van der Waals surface area contributed by atoms with Crippen LogP contribution in [0, 0.1) is 0 Å². The molecule has 0 aliphatic rings. The van der Waals surface area contributed by atoms with E-state index in [1.54, 1.807) is 11.3 Å². The van der Waals surface area contributed by atoms with Gasteiger partial charge in [0.15, 0.2) is 0 Å². The van der Waals surface area contributed by atoms with Crippen molar-refractivity contribution >= 4 is 38.2 Å². The SMILES string of the molecule is COC(=O)CCNc1ccc(Br)s1. The second kappa shape index (κ2) is 5.24. The summed E-state index contributed by atoms with van der Waals surface area (Å²) in [6.45, 7) is 0.611. The second-order valence-electron chi connectivity index (χ2n) is 2.36. The van der Waals surface area contributed by atoms with Gasteiger partial charge in [0, 0.05) is 6.54 Å². The first-order valence-electron chi connectivity index (χ1n) is 3.78. The van der Waals surface area contributed by atoms with Gasteiger partial charge in [-0.05, 0) is 28.1 Å². The molecule has 0 fully saturated rings. The van der Waals surface area contributed by atoms with Crippen LogP contribution in [0.2, 0.25) is 0 Å². The van der Waals surface area contributed by atoms with Gasteiger partial charge in [-0.3, -0.25) is 4.79 Å².